The van der Waals surface area contributed by atoms with Gasteiger partial charge in [-0.3, -0.25) is 0 Å². The zero-order valence-electron chi connectivity index (χ0n) is 10.2. The minimum atomic E-state index is -0.580. The molecule has 0 saturated heterocycles. The first kappa shape index (κ1) is 13.9. The molecule has 2 N–H and O–H groups in total. The summed E-state index contributed by atoms with van der Waals surface area (Å²) >= 11 is 0. The Kier molecular flexibility index (Phi) is 6.58. The van der Waals surface area contributed by atoms with Crippen LogP contribution in [-0.2, 0) is 11.3 Å². The molecule has 4 heteroatoms. The van der Waals surface area contributed by atoms with Crippen LogP contribution in [0.3, 0.4) is 0 Å². The fraction of sp³-hybridized carbons (Fsp3) is 0.538. The highest BCUT2D eigenvalue weighted by Crippen LogP contribution is 2.15. The summed E-state index contributed by atoms with van der Waals surface area (Å²) in [6.45, 7) is 4.91. The summed E-state index contributed by atoms with van der Waals surface area (Å²) in [6, 6.07) is 4.40. The molecule has 0 aliphatic heterocycles. The van der Waals surface area contributed by atoms with Gasteiger partial charge >= 0.3 is 0 Å². The molecule has 17 heavy (non-hydrogen) atoms. The second kappa shape index (κ2) is 8.03. The van der Waals surface area contributed by atoms with Crippen molar-refractivity contribution in [2.24, 2.45) is 0 Å². The molecule has 0 radical (unpaired) electrons. The van der Waals surface area contributed by atoms with Crippen LogP contribution in [-0.4, -0.2) is 24.9 Å². The predicted molar refractivity (Wildman–Crippen MR) is 65.5 cm³/mol. The molecule has 0 bridgehead atoms. The van der Waals surface area contributed by atoms with Crippen LogP contribution in [0.1, 0.15) is 25.3 Å². The fourth-order valence-electron chi connectivity index (χ4n) is 1.39. The second-order valence-corrected chi connectivity index (χ2v) is 3.93. The molecule has 96 valence electrons. The number of nitrogens with one attached hydrogen (secondary N) is 1. The lowest BCUT2D eigenvalue weighted by Gasteiger charge is -2.06. The van der Waals surface area contributed by atoms with Gasteiger partial charge in [-0.15, -0.1) is 0 Å². The first-order valence-electron chi connectivity index (χ1n) is 6.00. The molecule has 0 saturated carbocycles. The molecule has 0 amide bonds. The number of ether oxygens (including phenoxy) is 1. The molecule has 1 rings (SSSR count). The van der Waals surface area contributed by atoms with E-state index in [0.29, 0.717) is 13.2 Å². The zero-order chi connectivity index (χ0) is 12.5. The number of phenols is 1. The van der Waals surface area contributed by atoms with Gasteiger partial charge in [0.25, 0.3) is 0 Å². The quantitative estimate of drug-likeness (QED) is 0.687. The molecule has 0 aliphatic rings. The van der Waals surface area contributed by atoms with E-state index >= 15 is 0 Å². The van der Waals surface area contributed by atoms with Crippen molar-refractivity contribution in [3.63, 3.8) is 0 Å². The summed E-state index contributed by atoms with van der Waals surface area (Å²) < 4.78 is 18.4. The minimum absolute atomic E-state index is 0.309. The maximum absolute atomic E-state index is 13.0. The van der Waals surface area contributed by atoms with E-state index in [2.05, 4.69) is 12.2 Å². The number of benzene rings is 1. The molecule has 0 unspecified atom stereocenters. The van der Waals surface area contributed by atoms with Gasteiger partial charge in [0.1, 0.15) is 0 Å². The summed E-state index contributed by atoms with van der Waals surface area (Å²) in [6.07, 6.45) is 2.23. The van der Waals surface area contributed by atoms with Crippen LogP contribution in [0.25, 0.3) is 0 Å². The first-order chi connectivity index (χ1) is 8.24. The summed E-state index contributed by atoms with van der Waals surface area (Å²) in [4.78, 5) is 0. The Bertz CT molecular complexity index is 331. The molecule has 0 aromatic heterocycles. The van der Waals surface area contributed by atoms with Crippen LogP contribution in [0, 0.1) is 5.82 Å². The van der Waals surface area contributed by atoms with Crippen LogP contribution in [0.5, 0.6) is 5.75 Å². The maximum atomic E-state index is 13.0. The van der Waals surface area contributed by atoms with Crippen LogP contribution in [0.2, 0.25) is 0 Å². The van der Waals surface area contributed by atoms with Gasteiger partial charge in [0.05, 0.1) is 6.61 Å². The van der Waals surface area contributed by atoms with Gasteiger partial charge in [-0.05, 0) is 24.1 Å². The van der Waals surface area contributed by atoms with Gasteiger partial charge in [0, 0.05) is 19.7 Å². The highest BCUT2D eigenvalue weighted by Gasteiger charge is 2.00. The van der Waals surface area contributed by atoms with E-state index in [-0.39, 0.29) is 5.75 Å². The summed E-state index contributed by atoms with van der Waals surface area (Å²) in [5.74, 6) is -0.889. The van der Waals surface area contributed by atoms with Crippen molar-refractivity contribution in [3.8, 4) is 5.75 Å². The standard InChI is InChI=1S/C13H20FNO2/c1-2-3-7-17-8-6-15-10-11-4-5-13(16)12(14)9-11/h4-5,9,15-16H,2-3,6-8,10H2,1H3. The molecule has 1 aromatic carbocycles. The average Bonchev–Trinajstić information content (AvgIpc) is 2.32. The SMILES string of the molecule is CCCCOCCNCc1ccc(O)c(F)c1. The number of unbranched alkanes of at least 4 members (excludes halogenated alkanes) is 1. The van der Waals surface area contributed by atoms with Crippen molar-refractivity contribution >= 4 is 0 Å². The number of hydrogen-bond donors (Lipinski definition) is 2. The topological polar surface area (TPSA) is 41.5 Å². The van der Waals surface area contributed by atoms with Crippen LogP contribution in [0.4, 0.5) is 4.39 Å². The summed E-state index contributed by atoms with van der Waals surface area (Å²) in [5.41, 5.74) is 0.814. The Hall–Kier alpha value is -1.13. The summed E-state index contributed by atoms with van der Waals surface area (Å²) in [5, 5.41) is 12.2. The summed E-state index contributed by atoms with van der Waals surface area (Å²) in [7, 11) is 0. The van der Waals surface area contributed by atoms with Gasteiger partial charge in [0.2, 0.25) is 0 Å². The number of aromatic hydroxyl groups is 1. The second-order valence-electron chi connectivity index (χ2n) is 3.93. The normalized spacial score (nSPS) is 10.7. The lowest BCUT2D eigenvalue weighted by Crippen LogP contribution is -2.19. The van der Waals surface area contributed by atoms with E-state index in [1.165, 1.54) is 12.1 Å². The lowest BCUT2D eigenvalue weighted by molar-refractivity contribution is 0.133. The first-order valence-corrected chi connectivity index (χ1v) is 6.00. The van der Waals surface area contributed by atoms with Crippen molar-refractivity contribution in [1.82, 2.24) is 5.32 Å². The molecule has 0 heterocycles. The highest BCUT2D eigenvalue weighted by atomic mass is 19.1. The fourth-order valence-corrected chi connectivity index (χ4v) is 1.39. The largest absolute Gasteiger partial charge is 0.505 e. The average molecular weight is 241 g/mol. The van der Waals surface area contributed by atoms with E-state index in [1.54, 1.807) is 6.07 Å². The van der Waals surface area contributed by atoms with E-state index < -0.39 is 5.82 Å². The zero-order valence-corrected chi connectivity index (χ0v) is 10.2. The Labute approximate surface area is 102 Å². The lowest BCUT2D eigenvalue weighted by atomic mass is 10.2. The van der Waals surface area contributed by atoms with E-state index in [0.717, 1.165) is 31.6 Å². The molecule has 0 fully saturated rings. The van der Waals surface area contributed by atoms with Crippen LogP contribution in [0.15, 0.2) is 18.2 Å². The van der Waals surface area contributed by atoms with E-state index in [4.69, 9.17) is 9.84 Å². The Morgan fingerprint density at radius 2 is 2.18 bits per heavy atom. The van der Waals surface area contributed by atoms with Crippen LogP contribution < -0.4 is 5.32 Å². The van der Waals surface area contributed by atoms with E-state index in [1.807, 2.05) is 0 Å². The van der Waals surface area contributed by atoms with E-state index in [9.17, 15) is 4.39 Å². The van der Waals surface area contributed by atoms with Crippen molar-refractivity contribution in [1.29, 1.82) is 0 Å². The van der Waals surface area contributed by atoms with Gasteiger partial charge < -0.3 is 15.2 Å². The van der Waals surface area contributed by atoms with Gasteiger partial charge in [0.15, 0.2) is 11.6 Å². The molecule has 0 aliphatic carbocycles. The number of halogens is 1. The monoisotopic (exact) mass is 241 g/mol. The van der Waals surface area contributed by atoms with Crippen molar-refractivity contribution < 1.29 is 14.2 Å². The molecule has 3 nitrogen and oxygen atoms in total. The van der Waals surface area contributed by atoms with Gasteiger partial charge in [-0.25, -0.2) is 4.39 Å². The molecule has 0 atom stereocenters. The van der Waals surface area contributed by atoms with Gasteiger partial charge in [-0.2, -0.15) is 0 Å². The maximum Gasteiger partial charge on any atom is 0.165 e. The van der Waals surface area contributed by atoms with Crippen molar-refractivity contribution in [2.75, 3.05) is 19.8 Å². The third-order valence-corrected chi connectivity index (χ3v) is 2.41. The smallest absolute Gasteiger partial charge is 0.165 e. The Morgan fingerprint density at radius 3 is 2.88 bits per heavy atom. The predicted octanol–water partition coefficient (Wildman–Crippen LogP) is 2.44. The van der Waals surface area contributed by atoms with Crippen molar-refractivity contribution in [2.45, 2.75) is 26.3 Å². The highest BCUT2D eigenvalue weighted by molar-refractivity contribution is 5.27. The molecule has 0 spiro atoms. The van der Waals surface area contributed by atoms with Crippen LogP contribution >= 0.6 is 0 Å². The third kappa shape index (κ3) is 5.65. The number of phenolic OH excluding ortho intramolecular Hbond substituents is 1. The third-order valence-electron chi connectivity index (χ3n) is 2.41. The van der Waals surface area contributed by atoms with Gasteiger partial charge in [-0.1, -0.05) is 19.4 Å². The Morgan fingerprint density at radius 1 is 1.35 bits per heavy atom. The minimum Gasteiger partial charge on any atom is -0.505 e. The molecular weight excluding hydrogens is 221 g/mol. The molecule has 1 aromatic rings. The van der Waals surface area contributed by atoms with Crippen molar-refractivity contribution in [3.05, 3.63) is 29.6 Å². The number of rotatable bonds is 8. The Balaban J connectivity index is 2.11. The molecular formula is C13H20FNO2. The number of hydrogen-bond acceptors (Lipinski definition) is 3.